The molecule has 0 aliphatic carbocycles. The second-order valence-corrected chi connectivity index (χ2v) is 5.82. The first-order chi connectivity index (χ1) is 9.20. The Balaban J connectivity index is 1.87. The highest BCUT2D eigenvalue weighted by atomic mass is 79.9. The van der Waals surface area contributed by atoms with Crippen LogP contribution in [0.3, 0.4) is 0 Å². The maximum atomic E-state index is 9.73. The summed E-state index contributed by atoms with van der Waals surface area (Å²) in [6.45, 7) is 1.68. The molecule has 0 aliphatic heterocycles. The summed E-state index contributed by atoms with van der Waals surface area (Å²) in [7, 11) is 1.55. The molecule has 2 rings (SSSR count). The number of halogens is 1. The summed E-state index contributed by atoms with van der Waals surface area (Å²) in [4.78, 5) is 0. The van der Waals surface area contributed by atoms with Gasteiger partial charge in [0.25, 0.3) is 0 Å². The molecule has 0 radical (unpaired) electrons. The van der Waals surface area contributed by atoms with Crippen LogP contribution in [0.15, 0.2) is 33.4 Å². The molecule has 0 spiro atoms. The molecule has 1 aromatic carbocycles. The Morgan fingerprint density at radius 3 is 2.89 bits per heavy atom. The third kappa shape index (κ3) is 3.96. The molecule has 0 unspecified atom stereocenters. The Labute approximate surface area is 125 Å². The van der Waals surface area contributed by atoms with Crippen LogP contribution >= 0.6 is 27.3 Å². The Kier molecular flexibility index (Phi) is 5.24. The summed E-state index contributed by atoms with van der Waals surface area (Å²) in [5.74, 6) is 0.633. The lowest BCUT2D eigenvalue weighted by Gasteiger charge is -2.09. The van der Waals surface area contributed by atoms with Crippen molar-refractivity contribution >= 4 is 27.3 Å². The maximum absolute atomic E-state index is 9.73. The Bertz CT molecular complexity index is 528. The highest BCUT2D eigenvalue weighted by molar-refractivity contribution is 9.10. The third-order valence-electron chi connectivity index (χ3n) is 2.81. The Hall–Kier alpha value is -1.04. The van der Waals surface area contributed by atoms with E-state index in [1.165, 1.54) is 5.56 Å². The van der Waals surface area contributed by atoms with E-state index in [0.29, 0.717) is 10.2 Å². The zero-order valence-electron chi connectivity index (χ0n) is 10.6. The van der Waals surface area contributed by atoms with Gasteiger partial charge in [0.05, 0.1) is 11.6 Å². The minimum absolute atomic E-state index is 0.143. The summed E-state index contributed by atoms with van der Waals surface area (Å²) in [5.41, 5.74) is 2.44. The molecule has 0 saturated heterocycles. The fourth-order valence-electron chi connectivity index (χ4n) is 1.79. The van der Waals surface area contributed by atoms with Crippen LogP contribution in [0.2, 0.25) is 0 Å². The summed E-state index contributed by atoms with van der Waals surface area (Å²) in [6, 6.07) is 5.89. The molecule has 2 N–H and O–H groups in total. The number of methoxy groups -OCH3 is 1. The summed E-state index contributed by atoms with van der Waals surface area (Å²) in [6.07, 6.45) is 1.03. The number of aromatic hydroxyl groups is 1. The van der Waals surface area contributed by atoms with Crippen molar-refractivity contribution in [3.63, 3.8) is 0 Å². The average molecular weight is 342 g/mol. The molecule has 5 heteroatoms. The van der Waals surface area contributed by atoms with Gasteiger partial charge in [0.2, 0.25) is 0 Å². The van der Waals surface area contributed by atoms with E-state index in [4.69, 9.17) is 4.74 Å². The van der Waals surface area contributed by atoms with Gasteiger partial charge in [0.1, 0.15) is 0 Å². The molecule has 19 heavy (non-hydrogen) atoms. The number of rotatable bonds is 6. The van der Waals surface area contributed by atoms with Gasteiger partial charge in [-0.15, -0.1) is 0 Å². The predicted molar refractivity (Wildman–Crippen MR) is 82.1 cm³/mol. The molecular weight excluding hydrogens is 326 g/mol. The van der Waals surface area contributed by atoms with Crippen LogP contribution in [0.25, 0.3) is 0 Å². The van der Waals surface area contributed by atoms with Gasteiger partial charge < -0.3 is 15.2 Å². The van der Waals surface area contributed by atoms with Crippen LogP contribution in [0, 0.1) is 0 Å². The van der Waals surface area contributed by atoms with Crippen molar-refractivity contribution in [2.75, 3.05) is 13.7 Å². The highest BCUT2D eigenvalue weighted by Gasteiger charge is 2.08. The zero-order chi connectivity index (χ0) is 13.7. The minimum Gasteiger partial charge on any atom is -0.503 e. The largest absolute Gasteiger partial charge is 0.503 e. The topological polar surface area (TPSA) is 41.5 Å². The van der Waals surface area contributed by atoms with Crippen LogP contribution < -0.4 is 10.1 Å². The van der Waals surface area contributed by atoms with Gasteiger partial charge in [-0.05, 0) is 69.0 Å². The molecule has 0 saturated carbocycles. The van der Waals surface area contributed by atoms with E-state index in [-0.39, 0.29) is 5.75 Å². The van der Waals surface area contributed by atoms with Gasteiger partial charge in [-0.2, -0.15) is 11.3 Å². The van der Waals surface area contributed by atoms with Crippen LogP contribution in [0.5, 0.6) is 11.5 Å². The predicted octanol–water partition coefficient (Wildman–Crippen LogP) is 3.56. The molecule has 0 aliphatic rings. The van der Waals surface area contributed by atoms with Gasteiger partial charge in [-0.1, -0.05) is 0 Å². The fraction of sp³-hybridized carbons (Fsp3) is 0.286. The van der Waals surface area contributed by atoms with E-state index >= 15 is 0 Å². The molecule has 102 valence electrons. The number of hydrogen-bond donors (Lipinski definition) is 2. The molecule has 2 aromatic rings. The molecular formula is C14H16BrNO2S. The van der Waals surface area contributed by atoms with Gasteiger partial charge in [0, 0.05) is 6.54 Å². The standard InChI is InChI=1S/C14H16BrNO2S/c1-18-13-7-11(6-12(15)14(13)17)8-16-4-2-10-3-5-19-9-10/h3,5-7,9,16-17H,2,4,8H2,1H3. The second-order valence-electron chi connectivity index (χ2n) is 4.19. The van der Waals surface area contributed by atoms with Gasteiger partial charge in [0.15, 0.2) is 11.5 Å². The van der Waals surface area contributed by atoms with Crippen LogP contribution in [-0.2, 0) is 13.0 Å². The monoisotopic (exact) mass is 341 g/mol. The van der Waals surface area contributed by atoms with Crippen molar-refractivity contribution < 1.29 is 9.84 Å². The molecule has 0 amide bonds. The summed E-state index contributed by atoms with van der Waals surface area (Å²) < 4.78 is 5.78. The normalized spacial score (nSPS) is 10.6. The molecule has 3 nitrogen and oxygen atoms in total. The van der Waals surface area contributed by atoms with Crippen molar-refractivity contribution in [2.24, 2.45) is 0 Å². The van der Waals surface area contributed by atoms with Crippen molar-refractivity contribution in [1.29, 1.82) is 0 Å². The van der Waals surface area contributed by atoms with Crippen LogP contribution in [0.4, 0.5) is 0 Å². The van der Waals surface area contributed by atoms with Crippen LogP contribution in [0.1, 0.15) is 11.1 Å². The minimum atomic E-state index is 0.143. The maximum Gasteiger partial charge on any atom is 0.172 e. The number of nitrogens with one attached hydrogen (secondary N) is 1. The first-order valence-electron chi connectivity index (χ1n) is 5.98. The second kappa shape index (κ2) is 6.93. The van der Waals surface area contributed by atoms with E-state index in [9.17, 15) is 5.11 Å². The lowest BCUT2D eigenvalue weighted by atomic mass is 10.2. The third-order valence-corrected chi connectivity index (χ3v) is 4.14. The molecule has 1 aromatic heterocycles. The highest BCUT2D eigenvalue weighted by Crippen LogP contribution is 2.35. The summed E-state index contributed by atoms with van der Waals surface area (Å²) in [5, 5.41) is 17.4. The van der Waals surface area contributed by atoms with E-state index in [0.717, 1.165) is 25.1 Å². The Morgan fingerprint density at radius 1 is 1.37 bits per heavy atom. The van der Waals surface area contributed by atoms with Crippen LogP contribution in [-0.4, -0.2) is 18.8 Å². The van der Waals surface area contributed by atoms with E-state index in [2.05, 4.69) is 38.1 Å². The number of thiophene rings is 1. The van der Waals surface area contributed by atoms with Gasteiger partial charge in [-0.3, -0.25) is 0 Å². The number of phenols is 1. The smallest absolute Gasteiger partial charge is 0.172 e. The fourth-order valence-corrected chi connectivity index (χ4v) is 2.98. The van der Waals surface area contributed by atoms with E-state index in [1.807, 2.05) is 12.1 Å². The quantitative estimate of drug-likeness (QED) is 0.789. The first kappa shape index (κ1) is 14.4. The molecule has 0 bridgehead atoms. The SMILES string of the molecule is COc1cc(CNCCc2ccsc2)cc(Br)c1O. The summed E-state index contributed by atoms with van der Waals surface area (Å²) >= 11 is 5.05. The lowest BCUT2D eigenvalue weighted by Crippen LogP contribution is -2.16. The van der Waals surface area contributed by atoms with Gasteiger partial charge >= 0.3 is 0 Å². The molecule has 0 atom stereocenters. The first-order valence-corrected chi connectivity index (χ1v) is 7.71. The molecule has 0 fully saturated rings. The number of phenolic OH excluding ortho intramolecular Hbond substituents is 1. The number of benzene rings is 1. The zero-order valence-corrected chi connectivity index (χ0v) is 13.1. The number of ether oxygens (including phenoxy) is 1. The average Bonchev–Trinajstić information content (AvgIpc) is 2.91. The van der Waals surface area contributed by atoms with Gasteiger partial charge in [-0.25, -0.2) is 0 Å². The van der Waals surface area contributed by atoms with Crippen molar-refractivity contribution in [3.05, 3.63) is 44.6 Å². The van der Waals surface area contributed by atoms with E-state index in [1.54, 1.807) is 18.4 Å². The van der Waals surface area contributed by atoms with Crippen molar-refractivity contribution in [1.82, 2.24) is 5.32 Å². The number of hydrogen-bond acceptors (Lipinski definition) is 4. The van der Waals surface area contributed by atoms with Crippen molar-refractivity contribution in [2.45, 2.75) is 13.0 Å². The lowest BCUT2D eigenvalue weighted by molar-refractivity contribution is 0.371. The molecule has 1 heterocycles. The van der Waals surface area contributed by atoms with Crippen molar-refractivity contribution in [3.8, 4) is 11.5 Å². The Morgan fingerprint density at radius 2 is 2.21 bits per heavy atom. The van der Waals surface area contributed by atoms with E-state index < -0.39 is 0 Å².